The zero-order chi connectivity index (χ0) is 24.8. The highest BCUT2D eigenvalue weighted by atomic mass is 31.2. The van der Waals surface area contributed by atoms with Gasteiger partial charge >= 0.3 is 13.9 Å². The standard InChI is InChI=1S/C26H19N2O7P/c29-26(32-20-11-4-1-5-12-20)28-24(19-31-23-17-10-18-27-25(23)28)35-36(30,33-21-13-6-2-7-14-21)34-22-15-8-3-9-16-22/h1-19H. The van der Waals surface area contributed by atoms with Crippen molar-refractivity contribution >= 4 is 19.7 Å². The Morgan fingerprint density at radius 3 is 1.86 bits per heavy atom. The normalized spacial score (nSPS) is 12.4. The van der Waals surface area contributed by atoms with Crippen LogP contribution in [0.2, 0.25) is 0 Å². The van der Waals surface area contributed by atoms with E-state index in [-0.39, 0.29) is 34.7 Å². The molecule has 0 saturated carbocycles. The summed E-state index contributed by atoms with van der Waals surface area (Å²) in [6, 6.07) is 28.4. The van der Waals surface area contributed by atoms with Gasteiger partial charge in [0.05, 0.1) is 0 Å². The second-order valence-corrected chi connectivity index (χ2v) is 8.70. The average molecular weight is 502 g/mol. The molecule has 0 bridgehead atoms. The van der Waals surface area contributed by atoms with Gasteiger partial charge in [0.2, 0.25) is 0 Å². The topological polar surface area (TPSA) is 96.4 Å². The summed E-state index contributed by atoms with van der Waals surface area (Å²) in [6.07, 6.45) is 1.70. The minimum atomic E-state index is -4.43. The van der Waals surface area contributed by atoms with Crippen molar-refractivity contribution in [3.8, 4) is 23.0 Å². The van der Waals surface area contributed by atoms with Crippen molar-refractivity contribution in [2.75, 3.05) is 4.90 Å². The molecule has 0 radical (unpaired) electrons. The third-order valence-corrected chi connectivity index (χ3v) is 6.01. The van der Waals surface area contributed by atoms with E-state index in [1.54, 1.807) is 103 Å². The van der Waals surface area contributed by atoms with Crippen LogP contribution < -0.4 is 23.4 Å². The number of para-hydroxylation sites is 3. The molecule has 0 atom stereocenters. The Labute approximate surface area is 206 Å². The maximum atomic E-state index is 13.9. The lowest BCUT2D eigenvalue weighted by molar-refractivity contribution is 0.198. The number of carbonyl (C=O) groups excluding carboxylic acids is 1. The average Bonchev–Trinajstić information content (AvgIpc) is 2.90. The highest BCUT2D eigenvalue weighted by Crippen LogP contribution is 2.52. The first kappa shape index (κ1) is 23.0. The molecule has 0 fully saturated rings. The Morgan fingerprint density at radius 1 is 0.722 bits per heavy atom. The van der Waals surface area contributed by atoms with Crippen molar-refractivity contribution in [1.29, 1.82) is 0 Å². The van der Waals surface area contributed by atoms with Crippen molar-refractivity contribution < 1.29 is 32.4 Å². The Hall–Kier alpha value is -4.75. The molecule has 180 valence electrons. The van der Waals surface area contributed by atoms with E-state index in [9.17, 15) is 9.36 Å². The monoisotopic (exact) mass is 502 g/mol. The smallest absolute Gasteiger partial charge is 0.455 e. The summed E-state index contributed by atoms with van der Waals surface area (Å²) < 4.78 is 42.0. The summed E-state index contributed by atoms with van der Waals surface area (Å²) >= 11 is 0. The number of hydrogen-bond donors (Lipinski definition) is 0. The lowest BCUT2D eigenvalue weighted by Gasteiger charge is -2.29. The van der Waals surface area contributed by atoms with Crippen LogP contribution in [0, 0.1) is 0 Å². The van der Waals surface area contributed by atoms with Crippen LogP contribution in [0.3, 0.4) is 0 Å². The summed E-state index contributed by atoms with van der Waals surface area (Å²) in [5.74, 6) is 0.768. The molecule has 1 amide bonds. The van der Waals surface area contributed by atoms with E-state index in [1.165, 1.54) is 6.20 Å². The van der Waals surface area contributed by atoms with E-state index >= 15 is 0 Å². The minimum Gasteiger partial charge on any atom is -0.455 e. The second-order valence-electron chi connectivity index (χ2n) is 7.26. The highest BCUT2D eigenvalue weighted by molar-refractivity contribution is 7.49. The Morgan fingerprint density at radius 2 is 1.28 bits per heavy atom. The summed E-state index contributed by atoms with van der Waals surface area (Å²) in [6.45, 7) is 0. The number of amides is 1. The third-order valence-electron chi connectivity index (χ3n) is 4.73. The van der Waals surface area contributed by atoms with Crippen LogP contribution in [0.1, 0.15) is 0 Å². The lowest BCUT2D eigenvalue weighted by atomic mass is 10.3. The van der Waals surface area contributed by atoms with Crippen LogP contribution in [-0.4, -0.2) is 11.1 Å². The van der Waals surface area contributed by atoms with Gasteiger partial charge in [0.15, 0.2) is 17.8 Å². The highest BCUT2D eigenvalue weighted by Gasteiger charge is 2.41. The first-order chi connectivity index (χ1) is 17.6. The molecule has 0 saturated heterocycles. The number of nitrogens with zero attached hydrogens (tertiary/aromatic N) is 2. The van der Waals surface area contributed by atoms with Gasteiger partial charge in [-0.1, -0.05) is 54.6 Å². The number of carbonyl (C=O) groups is 1. The molecule has 1 aliphatic heterocycles. The van der Waals surface area contributed by atoms with Crippen LogP contribution in [0.4, 0.5) is 10.6 Å². The number of phosphoric acid groups is 1. The molecule has 0 unspecified atom stereocenters. The molecule has 0 aliphatic carbocycles. The van der Waals surface area contributed by atoms with E-state index in [0.717, 1.165) is 11.2 Å². The van der Waals surface area contributed by atoms with Crippen molar-refractivity contribution in [1.82, 2.24) is 4.98 Å². The summed E-state index contributed by atoms with van der Waals surface area (Å²) in [5, 5.41) is 0. The Bertz CT molecular complexity index is 1370. The quantitative estimate of drug-likeness (QED) is 0.262. The molecule has 36 heavy (non-hydrogen) atoms. The SMILES string of the molecule is O=C(Oc1ccccc1)N1C(OP(=O)(Oc2ccccc2)Oc2ccccc2)=COc2cccnc21. The fraction of sp³-hybridized carbons (Fsp3) is 0. The molecule has 10 heteroatoms. The van der Waals surface area contributed by atoms with E-state index in [1.807, 2.05) is 0 Å². The van der Waals surface area contributed by atoms with E-state index < -0.39 is 13.9 Å². The summed E-state index contributed by atoms with van der Waals surface area (Å²) in [4.78, 5) is 18.5. The number of pyridine rings is 1. The van der Waals surface area contributed by atoms with Gasteiger partial charge in [-0.25, -0.2) is 9.78 Å². The predicted molar refractivity (Wildman–Crippen MR) is 131 cm³/mol. The number of aromatic nitrogens is 1. The van der Waals surface area contributed by atoms with Crippen molar-refractivity contribution in [2.24, 2.45) is 0 Å². The Kier molecular flexibility index (Phi) is 6.55. The number of anilines is 1. The molecule has 0 spiro atoms. The van der Waals surface area contributed by atoms with Crippen molar-refractivity contribution in [3.05, 3.63) is 121 Å². The molecular weight excluding hydrogens is 483 g/mol. The van der Waals surface area contributed by atoms with Gasteiger partial charge in [0.25, 0.3) is 5.88 Å². The molecular formula is C26H19N2O7P. The number of phosphoric ester groups is 1. The van der Waals surface area contributed by atoms with E-state index in [4.69, 9.17) is 23.0 Å². The molecule has 9 nitrogen and oxygen atoms in total. The van der Waals surface area contributed by atoms with Gasteiger partial charge in [0, 0.05) is 6.20 Å². The van der Waals surface area contributed by atoms with Crippen molar-refractivity contribution in [2.45, 2.75) is 0 Å². The second kappa shape index (κ2) is 10.2. The van der Waals surface area contributed by atoms with Crippen LogP contribution in [-0.2, 0) is 9.09 Å². The summed E-state index contributed by atoms with van der Waals surface area (Å²) in [7, 11) is -4.43. The minimum absolute atomic E-state index is 0.0712. The maximum absolute atomic E-state index is 13.9. The predicted octanol–water partition coefficient (Wildman–Crippen LogP) is 6.56. The zero-order valence-electron chi connectivity index (χ0n) is 18.7. The van der Waals surface area contributed by atoms with Gasteiger partial charge < -0.3 is 23.0 Å². The van der Waals surface area contributed by atoms with Crippen LogP contribution in [0.15, 0.2) is 121 Å². The molecule has 4 aromatic rings. The first-order valence-electron chi connectivity index (χ1n) is 10.8. The van der Waals surface area contributed by atoms with Gasteiger partial charge in [-0.2, -0.15) is 9.46 Å². The molecule has 1 aromatic heterocycles. The molecule has 1 aliphatic rings. The molecule has 5 rings (SSSR count). The fourth-order valence-electron chi connectivity index (χ4n) is 3.18. The number of hydrogen-bond acceptors (Lipinski definition) is 8. The van der Waals surface area contributed by atoms with Gasteiger partial charge in [-0.15, -0.1) is 0 Å². The molecule has 0 N–H and O–H groups in total. The van der Waals surface area contributed by atoms with E-state index in [0.29, 0.717) is 0 Å². The van der Waals surface area contributed by atoms with Gasteiger partial charge in [0.1, 0.15) is 17.2 Å². The van der Waals surface area contributed by atoms with Crippen LogP contribution in [0.5, 0.6) is 23.0 Å². The van der Waals surface area contributed by atoms with Crippen LogP contribution in [0.25, 0.3) is 0 Å². The largest absolute Gasteiger partial charge is 0.648 e. The van der Waals surface area contributed by atoms with Crippen LogP contribution >= 0.6 is 7.82 Å². The third kappa shape index (κ3) is 5.32. The Balaban J connectivity index is 1.49. The van der Waals surface area contributed by atoms with Gasteiger partial charge in [-0.05, 0) is 48.5 Å². The number of fused-ring (bicyclic) bond motifs is 1. The first-order valence-corrected chi connectivity index (χ1v) is 12.2. The number of benzene rings is 3. The number of ether oxygens (including phenoxy) is 2. The summed E-state index contributed by atoms with van der Waals surface area (Å²) in [5.41, 5.74) is 0. The fourth-order valence-corrected chi connectivity index (χ4v) is 4.40. The zero-order valence-corrected chi connectivity index (χ0v) is 19.6. The molecule has 2 heterocycles. The van der Waals surface area contributed by atoms with Gasteiger partial charge in [-0.3, -0.25) is 0 Å². The van der Waals surface area contributed by atoms with E-state index in [2.05, 4.69) is 4.98 Å². The molecule has 3 aromatic carbocycles. The lowest BCUT2D eigenvalue weighted by Crippen LogP contribution is -2.37. The number of rotatable bonds is 7. The van der Waals surface area contributed by atoms with Crippen molar-refractivity contribution in [3.63, 3.8) is 0 Å². The maximum Gasteiger partial charge on any atom is 0.648 e.